The summed E-state index contributed by atoms with van der Waals surface area (Å²) in [4.78, 5) is 24.2. The molecule has 1 saturated heterocycles. The SMILES string of the molecule is NCc1ccc(C(=O)N2C[C@@H](O)C[C@H]2C(=O)O)o1. The van der Waals surface area contributed by atoms with Crippen LogP contribution >= 0.6 is 0 Å². The van der Waals surface area contributed by atoms with Gasteiger partial charge in [0.05, 0.1) is 12.6 Å². The molecule has 7 heteroatoms. The number of furan rings is 1. The van der Waals surface area contributed by atoms with Gasteiger partial charge in [0.25, 0.3) is 5.91 Å². The largest absolute Gasteiger partial charge is 0.480 e. The number of aliphatic carboxylic acids is 1. The van der Waals surface area contributed by atoms with Crippen LogP contribution in [-0.2, 0) is 11.3 Å². The summed E-state index contributed by atoms with van der Waals surface area (Å²) in [5.74, 6) is -1.19. The van der Waals surface area contributed by atoms with Crippen LogP contribution in [0.1, 0.15) is 22.7 Å². The molecule has 7 nitrogen and oxygen atoms in total. The third kappa shape index (κ3) is 2.22. The predicted molar refractivity (Wildman–Crippen MR) is 59.7 cm³/mol. The van der Waals surface area contributed by atoms with Crippen molar-refractivity contribution in [2.45, 2.75) is 25.1 Å². The predicted octanol–water partition coefficient (Wildman–Crippen LogP) is -0.602. The number of β-amino-alcohol motifs (C(OH)–C–C–N with tert-alkyl or cyclic N) is 1. The van der Waals surface area contributed by atoms with Crippen LogP contribution in [-0.4, -0.2) is 45.7 Å². The van der Waals surface area contributed by atoms with Gasteiger partial charge in [-0.15, -0.1) is 0 Å². The van der Waals surface area contributed by atoms with Crippen LogP contribution < -0.4 is 5.73 Å². The van der Waals surface area contributed by atoms with Crippen molar-refractivity contribution >= 4 is 11.9 Å². The molecular formula is C11H14N2O5. The molecule has 4 N–H and O–H groups in total. The maximum Gasteiger partial charge on any atom is 0.326 e. The van der Waals surface area contributed by atoms with Crippen LogP contribution in [0.4, 0.5) is 0 Å². The molecule has 1 aromatic heterocycles. The topological polar surface area (TPSA) is 117 Å². The first-order chi connectivity index (χ1) is 8.52. The Hall–Kier alpha value is -1.86. The Morgan fingerprint density at radius 3 is 2.78 bits per heavy atom. The maximum absolute atomic E-state index is 12.1. The lowest BCUT2D eigenvalue weighted by molar-refractivity contribution is -0.141. The normalized spacial score (nSPS) is 23.3. The van der Waals surface area contributed by atoms with Gasteiger partial charge in [0, 0.05) is 13.0 Å². The molecule has 18 heavy (non-hydrogen) atoms. The number of carbonyl (C=O) groups excluding carboxylic acids is 1. The molecule has 1 aliphatic rings. The summed E-state index contributed by atoms with van der Waals surface area (Å²) in [6.45, 7) is 0.159. The van der Waals surface area contributed by atoms with Crippen LogP contribution in [0.2, 0.25) is 0 Å². The van der Waals surface area contributed by atoms with Crippen molar-refractivity contribution in [3.63, 3.8) is 0 Å². The minimum absolute atomic E-state index is 0.00550. The van der Waals surface area contributed by atoms with Gasteiger partial charge in [-0.1, -0.05) is 0 Å². The van der Waals surface area contributed by atoms with Crippen LogP contribution in [0.5, 0.6) is 0 Å². The van der Waals surface area contributed by atoms with Crippen LogP contribution in [0.3, 0.4) is 0 Å². The number of rotatable bonds is 3. The smallest absolute Gasteiger partial charge is 0.326 e. The van der Waals surface area contributed by atoms with Crippen molar-refractivity contribution in [3.8, 4) is 0 Å². The van der Waals surface area contributed by atoms with Gasteiger partial charge in [-0.25, -0.2) is 4.79 Å². The maximum atomic E-state index is 12.1. The molecule has 0 aliphatic carbocycles. The zero-order chi connectivity index (χ0) is 13.3. The Morgan fingerprint density at radius 2 is 2.22 bits per heavy atom. The highest BCUT2D eigenvalue weighted by molar-refractivity contribution is 5.94. The van der Waals surface area contributed by atoms with E-state index >= 15 is 0 Å². The highest BCUT2D eigenvalue weighted by atomic mass is 16.4. The summed E-state index contributed by atoms with van der Waals surface area (Å²) < 4.78 is 5.18. The Balaban J connectivity index is 2.19. The van der Waals surface area contributed by atoms with E-state index in [0.717, 1.165) is 4.90 Å². The van der Waals surface area contributed by atoms with Gasteiger partial charge in [0.1, 0.15) is 11.8 Å². The molecule has 0 spiro atoms. The molecule has 2 heterocycles. The van der Waals surface area contributed by atoms with E-state index < -0.39 is 24.0 Å². The van der Waals surface area contributed by atoms with Crippen LogP contribution in [0.25, 0.3) is 0 Å². The Bertz CT molecular complexity index is 470. The molecule has 0 saturated carbocycles. The van der Waals surface area contributed by atoms with Crippen molar-refractivity contribution in [3.05, 3.63) is 23.7 Å². The van der Waals surface area contributed by atoms with Crippen molar-refractivity contribution in [2.75, 3.05) is 6.54 Å². The van der Waals surface area contributed by atoms with Gasteiger partial charge < -0.3 is 25.3 Å². The summed E-state index contributed by atoms with van der Waals surface area (Å²) in [5, 5.41) is 18.5. The molecule has 0 aromatic carbocycles. The van der Waals surface area contributed by atoms with E-state index in [1.807, 2.05) is 0 Å². The average Bonchev–Trinajstić information content (AvgIpc) is 2.94. The first-order valence-electron chi connectivity index (χ1n) is 5.53. The molecule has 2 rings (SSSR count). The number of amides is 1. The van der Waals surface area contributed by atoms with Gasteiger partial charge in [-0.3, -0.25) is 4.79 Å². The summed E-state index contributed by atoms with van der Waals surface area (Å²) in [6.07, 6.45) is -0.787. The molecule has 2 atom stereocenters. The monoisotopic (exact) mass is 254 g/mol. The lowest BCUT2D eigenvalue weighted by Gasteiger charge is -2.19. The van der Waals surface area contributed by atoms with Gasteiger partial charge in [-0.05, 0) is 12.1 Å². The summed E-state index contributed by atoms with van der Waals surface area (Å²) in [5.41, 5.74) is 5.36. The molecule has 1 fully saturated rings. The van der Waals surface area contributed by atoms with Crippen molar-refractivity contribution in [1.29, 1.82) is 0 Å². The van der Waals surface area contributed by atoms with Crippen molar-refractivity contribution < 1.29 is 24.2 Å². The highest BCUT2D eigenvalue weighted by Crippen LogP contribution is 2.21. The summed E-state index contributed by atoms with van der Waals surface area (Å²) >= 11 is 0. The van der Waals surface area contributed by atoms with Crippen LogP contribution in [0, 0.1) is 0 Å². The van der Waals surface area contributed by atoms with Crippen molar-refractivity contribution in [2.24, 2.45) is 5.73 Å². The minimum atomic E-state index is -1.13. The second-order valence-corrected chi connectivity index (χ2v) is 4.17. The number of carbonyl (C=O) groups is 2. The van der Waals surface area contributed by atoms with E-state index in [-0.39, 0.29) is 25.3 Å². The zero-order valence-corrected chi connectivity index (χ0v) is 9.57. The molecule has 0 bridgehead atoms. The molecule has 0 unspecified atom stereocenters. The fraction of sp³-hybridized carbons (Fsp3) is 0.455. The van der Waals surface area contributed by atoms with E-state index in [2.05, 4.69) is 0 Å². The van der Waals surface area contributed by atoms with E-state index in [0.29, 0.717) is 5.76 Å². The standard InChI is InChI=1S/C11H14N2O5/c12-4-7-1-2-9(18-7)10(15)13-5-6(14)3-8(13)11(16)17/h1-2,6,8,14H,3-5,12H2,(H,16,17)/t6-,8-/m0/s1. The molecular weight excluding hydrogens is 240 g/mol. The number of nitrogens with zero attached hydrogens (tertiary/aromatic N) is 1. The lowest BCUT2D eigenvalue weighted by Crippen LogP contribution is -2.40. The van der Waals surface area contributed by atoms with Gasteiger partial charge >= 0.3 is 5.97 Å². The number of hydrogen-bond donors (Lipinski definition) is 3. The Labute approximate surface area is 103 Å². The van der Waals surface area contributed by atoms with Crippen LogP contribution in [0.15, 0.2) is 16.5 Å². The molecule has 1 aliphatic heterocycles. The number of aliphatic hydroxyl groups excluding tert-OH is 1. The first kappa shape index (κ1) is 12.6. The van der Waals surface area contributed by atoms with E-state index in [1.165, 1.54) is 6.07 Å². The fourth-order valence-corrected chi connectivity index (χ4v) is 2.02. The minimum Gasteiger partial charge on any atom is -0.480 e. The molecule has 0 radical (unpaired) electrons. The number of hydrogen-bond acceptors (Lipinski definition) is 5. The summed E-state index contributed by atoms with van der Waals surface area (Å²) in [6, 6.07) is 2.00. The second-order valence-electron chi connectivity index (χ2n) is 4.17. The number of nitrogens with two attached hydrogens (primary N) is 1. The van der Waals surface area contributed by atoms with E-state index in [1.54, 1.807) is 6.07 Å². The molecule has 1 aromatic rings. The number of carboxylic acids is 1. The first-order valence-corrected chi connectivity index (χ1v) is 5.53. The second kappa shape index (κ2) is 4.79. The quantitative estimate of drug-likeness (QED) is 0.663. The third-order valence-corrected chi connectivity index (χ3v) is 2.90. The lowest BCUT2D eigenvalue weighted by atomic mass is 10.2. The van der Waals surface area contributed by atoms with Gasteiger partial charge in [-0.2, -0.15) is 0 Å². The Morgan fingerprint density at radius 1 is 1.50 bits per heavy atom. The zero-order valence-electron chi connectivity index (χ0n) is 9.57. The highest BCUT2D eigenvalue weighted by Gasteiger charge is 2.40. The van der Waals surface area contributed by atoms with E-state index in [4.69, 9.17) is 15.3 Å². The van der Waals surface area contributed by atoms with E-state index in [9.17, 15) is 14.7 Å². The van der Waals surface area contributed by atoms with Gasteiger partial charge in [0.2, 0.25) is 0 Å². The number of likely N-dealkylation sites (tertiary alicyclic amines) is 1. The average molecular weight is 254 g/mol. The molecule has 98 valence electrons. The van der Waals surface area contributed by atoms with Gasteiger partial charge in [0.15, 0.2) is 5.76 Å². The van der Waals surface area contributed by atoms with Crippen molar-refractivity contribution in [1.82, 2.24) is 4.90 Å². The Kier molecular flexibility index (Phi) is 3.35. The number of carboxylic acid groups (broad SMARTS) is 1. The summed E-state index contributed by atoms with van der Waals surface area (Å²) in [7, 11) is 0. The molecule has 1 amide bonds. The fourth-order valence-electron chi connectivity index (χ4n) is 2.02. The third-order valence-electron chi connectivity index (χ3n) is 2.90. The number of aliphatic hydroxyl groups is 1.